The van der Waals surface area contributed by atoms with Crippen molar-refractivity contribution in [1.29, 1.82) is 0 Å². The quantitative estimate of drug-likeness (QED) is 0.679. The molecule has 0 bridgehead atoms. The number of carbonyl (C=O) groups is 1. The molecule has 21 heavy (non-hydrogen) atoms. The number of benzene rings is 1. The van der Waals surface area contributed by atoms with Crippen LogP contribution in [0.25, 0.3) is 0 Å². The van der Waals surface area contributed by atoms with Crippen molar-refractivity contribution in [3.05, 3.63) is 28.2 Å². The standard InChI is InChI=1S/C14H19Cl2NO4/c1-10(14(19)17-5-2-7-20-8-6-18)21-13-4-3-11(15)9-12(13)16/h3-4,9-10,18H,2,5-8H2,1H3,(H,17,19). The van der Waals surface area contributed by atoms with E-state index in [1.165, 1.54) is 0 Å². The summed E-state index contributed by atoms with van der Waals surface area (Å²) in [6.07, 6.45) is 0.00204. The molecular weight excluding hydrogens is 317 g/mol. The molecule has 1 aromatic carbocycles. The lowest BCUT2D eigenvalue weighted by atomic mass is 10.3. The number of hydrogen-bond donors (Lipinski definition) is 2. The van der Waals surface area contributed by atoms with Crippen molar-refractivity contribution in [2.45, 2.75) is 19.4 Å². The molecule has 1 atom stereocenters. The van der Waals surface area contributed by atoms with Gasteiger partial charge >= 0.3 is 0 Å². The fourth-order valence-electron chi connectivity index (χ4n) is 1.51. The van der Waals surface area contributed by atoms with E-state index in [0.717, 1.165) is 0 Å². The van der Waals surface area contributed by atoms with Crippen molar-refractivity contribution in [2.75, 3.05) is 26.4 Å². The monoisotopic (exact) mass is 335 g/mol. The van der Waals surface area contributed by atoms with Gasteiger partial charge < -0.3 is 19.9 Å². The predicted octanol–water partition coefficient (Wildman–Crippen LogP) is 2.28. The highest BCUT2D eigenvalue weighted by atomic mass is 35.5. The van der Waals surface area contributed by atoms with Crippen LogP contribution in [0.1, 0.15) is 13.3 Å². The zero-order valence-corrected chi connectivity index (χ0v) is 13.3. The van der Waals surface area contributed by atoms with Crippen LogP contribution in [0.15, 0.2) is 18.2 Å². The van der Waals surface area contributed by atoms with E-state index in [1.807, 2.05) is 0 Å². The van der Waals surface area contributed by atoms with Crippen LogP contribution in [0, 0.1) is 0 Å². The van der Waals surface area contributed by atoms with E-state index in [-0.39, 0.29) is 12.5 Å². The average Bonchev–Trinajstić information content (AvgIpc) is 2.45. The van der Waals surface area contributed by atoms with Crippen LogP contribution in [0.2, 0.25) is 10.0 Å². The smallest absolute Gasteiger partial charge is 0.260 e. The summed E-state index contributed by atoms with van der Waals surface area (Å²) in [5.74, 6) is 0.179. The molecule has 1 aromatic rings. The van der Waals surface area contributed by atoms with Crippen molar-refractivity contribution in [3.63, 3.8) is 0 Å². The van der Waals surface area contributed by atoms with Gasteiger partial charge in [-0.3, -0.25) is 4.79 Å². The molecule has 0 spiro atoms. The Bertz CT molecular complexity index is 457. The molecule has 0 aliphatic heterocycles. The van der Waals surface area contributed by atoms with Gasteiger partial charge in [-0.1, -0.05) is 23.2 Å². The maximum atomic E-state index is 11.8. The van der Waals surface area contributed by atoms with Crippen molar-refractivity contribution in [3.8, 4) is 5.75 Å². The first-order chi connectivity index (χ1) is 10.0. The van der Waals surface area contributed by atoms with E-state index < -0.39 is 6.10 Å². The molecule has 0 aromatic heterocycles. The number of hydrogen-bond acceptors (Lipinski definition) is 4. The number of aliphatic hydroxyl groups excluding tert-OH is 1. The fourth-order valence-corrected chi connectivity index (χ4v) is 1.96. The average molecular weight is 336 g/mol. The van der Waals surface area contributed by atoms with E-state index in [9.17, 15) is 4.79 Å². The molecule has 0 saturated carbocycles. The Morgan fingerprint density at radius 1 is 1.38 bits per heavy atom. The third kappa shape index (κ3) is 7.00. The van der Waals surface area contributed by atoms with Crippen LogP contribution < -0.4 is 10.1 Å². The second-order valence-corrected chi connectivity index (χ2v) is 5.16. The Balaban J connectivity index is 2.30. The van der Waals surface area contributed by atoms with Crippen molar-refractivity contribution >= 4 is 29.1 Å². The van der Waals surface area contributed by atoms with Gasteiger partial charge in [0.25, 0.3) is 5.91 Å². The lowest BCUT2D eigenvalue weighted by molar-refractivity contribution is -0.127. The van der Waals surface area contributed by atoms with Crippen molar-refractivity contribution in [2.24, 2.45) is 0 Å². The molecule has 7 heteroatoms. The maximum absolute atomic E-state index is 11.8. The van der Waals surface area contributed by atoms with Gasteiger partial charge in [-0.05, 0) is 31.5 Å². The number of amides is 1. The largest absolute Gasteiger partial charge is 0.479 e. The van der Waals surface area contributed by atoms with Gasteiger partial charge in [0, 0.05) is 18.2 Å². The first-order valence-corrected chi connectivity index (χ1v) is 7.38. The molecular formula is C14H19Cl2NO4. The van der Waals surface area contributed by atoms with Crippen molar-refractivity contribution in [1.82, 2.24) is 5.32 Å². The summed E-state index contributed by atoms with van der Waals surface area (Å²) in [5.41, 5.74) is 0. The minimum Gasteiger partial charge on any atom is -0.479 e. The number of rotatable bonds is 9. The second-order valence-electron chi connectivity index (χ2n) is 4.32. The van der Waals surface area contributed by atoms with Crippen LogP contribution in [0.4, 0.5) is 0 Å². The molecule has 0 heterocycles. The lowest BCUT2D eigenvalue weighted by Gasteiger charge is -2.15. The highest BCUT2D eigenvalue weighted by Gasteiger charge is 2.15. The van der Waals surface area contributed by atoms with Crippen LogP contribution in [0.5, 0.6) is 5.75 Å². The molecule has 0 saturated heterocycles. The Kier molecular flexibility index (Phi) is 8.45. The zero-order chi connectivity index (χ0) is 15.7. The third-order valence-corrected chi connectivity index (χ3v) is 3.10. The predicted molar refractivity (Wildman–Crippen MR) is 82.1 cm³/mol. The molecule has 1 unspecified atom stereocenters. The van der Waals surface area contributed by atoms with Gasteiger partial charge in [0.1, 0.15) is 5.75 Å². The highest BCUT2D eigenvalue weighted by molar-refractivity contribution is 6.35. The van der Waals surface area contributed by atoms with Crippen LogP contribution in [-0.2, 0) is 9.53 Å². The molecule has 5 nitrogen and oxygen atoms in total. The van der Waals surface area contributed by atoms with Crippen LogP contribution >= 0.6 is 23.2 Å². The normalized spacial score (nSPS) is 12.0. The maximum Gasteiger partial charge on any atom is 0.260 e. The summed E-state index contributed by atoms with van der Waals surface area (Å²) >= 11 is 11.8. The Morgan fingerprint density at radius 3 is 2.81 bits per heavy atom. The fraction of sp³-hybridized carbons (Fsp3) is 0.500. The van der Waals surface area contributed by atoms with E-state index in [0.29, 0.717) is 42.0 Å². The lowest BCUT2D eigenvalue weighted by Crippen LogP contribution is -2.37. The highest BCUT2D eigenvalue weighted by Crippen LogP contribution is 2.28. The van der Waals surface area contributed by atoms with E-state index >= 15 is 0 Å². The Hall–Kier alpha value is -1.01. The summed E-state index contributed by atoms with van der Waals surface area (Å²) in [5, 5.41) is 12.1. The molecule has 0 fully saturated rings. The SMILES string of the molecule is CC(Oc1ccc(Cl)cc1Cl)C(=O)NCCCOCCO. The van der Waals surface area contributed by atoms with E-state index in [1.54, 1.807) is 25.1 Å². The summed E-state index contributed by atoms with van der Waals surface area (Å²) in [6, 6.07) is 4.82. The summed E-state index contributed by atoms with van der Waals surface area (Å²) in [7, 11) is 0. The summed E-state index contributed by atoms with van der Waals surface area (Å²) in [4.78, 5) is 11.8. The molecule has 0 aliphatic carbocycles. The van der Waals surface area contributed by atoms with Gasteiger partial charge in [-0.25, -0.2) is 0 Å². The molecule has 118 valence electrons. The Labute approximate surface area is 134 Å². The number of nitrogens with one attached hydrogen (secondary N) is 1. The third-order valence-electron chi connectivity index (χ3n) is 2.57. The first-order valence-electron chi connectivity index (χ1n) is 6.62. The molecule has 1 amide bonds. The van der Waals surface area contributed by atoms with Crippen LogP contribution in [0.3, 0.4) is 0 Å². The van der Waals surface area contributed by atoms with E-state index in [2.05, 4.69) is 5.32 Å². The van der Waals surface area contributed by atoms with Gasteiger partial charge in [0.05, 0.1) is 18.2 Å². The van der Waals surface area contributed by atoms with Crippen molar-refractivity contribution < 1.29 is 19.4 Å². The van der Waals surface area contributed by atoms with E-state index in [4.69, 9.17) is 37.8 Å². The molecule has 0 aliphatic rings. The molecule has 0 radical (unpaired) electrons. The van der Waals surface area contributed by atoms with Gasteiger partial charge in [0.15, 0.2) is 6.10 Å². The topological polar surface area (TPSA) is 67.8 Å². The first kappa shape index (κ1) is 18.0. The van der Waals surface area contributed by atoms with Gasteiger partial charge in [-0.2, -0.15) is 0 Å². The number of aliphatic hydroxyl groups is 1. The molecule has 2 N–H and O–H groups in total. The minimum atomic E-state index is -0.665. The van der Waals surface area contributed by atoms with Gasteiger partial charge in [0.2, 0.25) is 0 Å². The zero-order valence-electron chi connectivity index (χ0n) is 11.8. The minimum absolute atomic E-state index is 0.000908. The summed E-state index contributed by atoms with van der Waals surface area (Å²) in [6.45, 7) is 2.91. The second kappa shape index (κ2) is 9.84. The van der Waals surface area contributed by atoms with Gasteiger partial charge in [-0.15, -0.1) is 0 Å². The Morgan fingerprint density at radius 2 is 2.14 bits per heavy atom. The number of carbonyl (C=O) groups excluding carboxylic acids is 1. The number of ether oxygens (including phenoxy) is 2. The molecule has 1 rings (SSSR count). The summed E-state index contributed by atoms with van der Waals surface area (Å²) < 4.78 is 10.6. The number of halogens is 2. The van der Waals surface area contributed by atoms with Crippen LogP contribution in [-0.4, -0.2) is 43.5 Å².